The van der Waals surface area contributed by atoms with Crippen LogP contribution in [0.3, 0.4) is 0 Å². The van der Waals surface area contributed by atoms with Crippen LogP contribution < -0.4 is 9.64 Å². The zero-order valence-electron chi connectivity index (χ0n) is 19.2. The van der Waals surface area contributed by atoms with Crippen molar-refractivity contribution in [1.29, 1.82) is 0 Å². The summed E-state index contributed by atoms with van der Waals surface area (Å²) in [6.45, 7) is 8.83. The smallest absolute Gasteiger partial charge is 0.119 e. The molecule has 4 atom stereocenters. The molecule has 3 aliphatic carbocycles. The molecular weight excluding hydrogens is 384 g/mol. The summed E-state index contributed by atoms with van der Waals surface area (Å²) in [4.78, 5) is 9.53. The number of aryl methyl sites for hydroxylation is 1. The minimum atomic E-state index is -0.141. The molecular formula is C27H34N2O2. The van der Waals surface area contributed by atoms with Crippen LogP contribution >= 0.6 is 0 Å². The Morgan fingerprint density at radius 1 is 1.10 bits per heavy atom. The second-order valence-electron chi connectivity index (χ2n) is 11.0. The van der Waals surface area contributed by atoms with Crippen molar-refractivity contribution in [2.75, 3.05) is 25.2 Å². The average molecular weight is 419 g/mol. The molecule has 4 unspecified atom stereocenters. The normalized spacial score (nSPS) is 35.8. The Bertz CT molecular complexity index is 1000. The maximum Gasteiger partial charge on any atom is 0.119 e. The van der Waals surface area contributed by atoms with Crippen LogP contribution in [0.4, 0.5) is 5.69 Å². The number of benzene rings is 2. The predicted octanol–water partition coefficient (Wildman–Crippen LogP) is 5.51. The third kappa shape index (κ3) is 2.67. The van der Waals surface area contributed by atoms with E-state index in [2.05, 4.69) is 73.2 Å². The molecule has 1 spiro atoms. The molecule has 4 heteroatoms. The van der Waals surface area contributed by atoms with E-state index in [1.165, 1.54) is 36.1 Å². The first-order chi connectivity index (χ1) is 14.9. The van der Waals surface area contributed by atoms with Gasteiger partial charge in [-0.2, -0.15) is 5.06 Å². The highest BCUT2D eigenvalue weighted by molar-refractivity contribution is 5.51. The molecule has 2 aromatic carbocycles. The van der Waals surface area contributed by atoms with Crippen molar-refractivity contribution in [1.82, 2.24) is 5.06 Å². The summed E-state index contributed by atoms with van der Waals surface area (Å²) in [5.41, 5.74) is 4.11. The van der Waals surface area contributed by atoms with Gasteiger partial charge in [-0.05, 0) is 73.3 Å². The summed E-state index contributed by atoms with van der Waals surface area (Å²) < 4.78 is 5.61. The van der Waals surface area contributed by atoms with E-state index < -0.39 is 0 Å². The second kappa shape index (κ2) is 6.49. The van der Waals surface area contributed by atoms with E-state index in [4.69, 9.17) is 9.57 Å². The molecule has 31 heavy (non-hydrogen) atoms. The van der Waals surface area contributed by atoms with E-state index in [1.54, 1.807) is 7.11 Å². The van der Waals surface area contributed by atoms with Crippen LogP contribution in [0.25, 0.3) is 0 Å². The lowest BCUT2D eigenvalue weighted by molar-refractivity contribution is -0.285. The minimum absolute atomic E-state index is 0.0271. The van der Waals surface area contributed by atoms with Gasteiger partial charge in [0.25, 0.3) is 0 Å². The van der Waals surface area contributed by atoms with Crippen molar-refractivity contribution in [3.8, 4) is 5.75 Å². The highest BCUT2D eigenvalue weighted by atomic mass is 16.7. The number of hydrogen-bond donors (Lipinski definition) is 0. The van der Waals surface area contributed by atoms with Gasteiger partial charge in [-0.3, -0.25) is 4.84 Å². The quantitative estimate of drug-likeness (QED) is 0.656. The molecule has 2 saturated heterocycles. The topological polar surface area (TPSA) is 24.9 Å². The maximum atomic E-state index is 7.06. The zero-order chi connectivity index (χ0) is 21.4. The Balaban J connectivity index is 1.40. The van der Waals surface area contributed by atoms with Crippen molar-refractivity contribution in [3.05, 3.63) is 59.7 Å². The first kappa shape index (κ1) is 19.6. The van der Waals surface area contributed by atoms with Crippen molar-refractivity contribution in [3.63, 3.8) is 0 Å². The number of methoxy groups -OCH3 is 1. The van der Waals surface area contributed by atoms with Crippen LogP contribution in [-0.4, -0.2) is 31.0 Å². The van der Waals surface area contributed by atoms with Crippen molar-refractivity contribution >= 4 is 5.69 Å². The summed E-state index contributed by atoms with van der Waals surface area (Å²) in [6.07, 6.45) is 4.89. The van der Waals surface area contributed by atoms with E-state index >= 15 is 0 Å². The lowest BCUT2D eigenvalue weighted by atomic mass is 9.43. The van der Waals surface area contributed by atoms with Gasteiger partial charge in [-0.15, -0.1) is 0 Å². The Hall–Kier alpha value is -2.04. The summed E-state index contributed by atoms with van der Waals surface area (Å²) in [5, 5.41) is 2.33. The molecule has 2 aromatic rings. The third-order valence-electron chi connectivity index (χ3n) is 9.14. The Labute approximate surface area is 186 Å². The standard InChI is InChI=1S/C27H34N2O2/c1-19-8-10-22(11-9-19)28-17-26(21-6-5-7-23(14-21)30-4)16-27(31-29(26)18-28)13-12-20-15-24(27)25(20,2)3/h5-11,14,20,24H,12-13,15-18H2,1-4H3. The molecule has 164 valence electrons. The molecule has 0 N–H and O–H groups in total. The molecule has 2 bridgehead atoms. The van der Waals surface area contributed by atoms with Gasteiger partial charge in [0, 0.05) is 18.7 Å². The molecule has 3 saturated carbocycles. The third-order valence-corrected chi connectivity index (χ3v) is 9.14. The number of nitrogens with zero attached hydrogens (tertiary/aromatic N) is 2. The van der Waals surface area contributed by atoms with E-state index in [0.717, 1.165) is 31.3 Å². The Kier molecular flexibility index (Phi) is 4.11. The van der Waals surface area contributed by atoms with E-state index in [0.29, 0.717) is 11.3 Å². The molecule has 4 nitrogen and oxygen atoms in total. The van der Waals surface area contributed by atoms with E-state index in [9.17, 15) is 0 Å². The Morgan fingerprint density at radius 2 is 1.90 bits per heavy atom. The number of ether oxygens (including phenoxy) is 1. The SMILES string of the molecule is COc1cccc(C23CN(c4ccc(C)cc4)CN2OC2(CCC4CC2C4(C)C)C3)c1. The van der Waals surface area contributed by atoms with Gasteiger partial charge in [-0.25, -0.2) is 0 Å². The first-order valence-corrected chi connectivity index (χ1v) is 11.8. The highest BCUT2D eigenvalue weighted by Gasteiger charge is 2.69. The van der Waals surface area contributed by atoms with E-state index in [1.807, 2.05) is 6.07 Å². The van der Waals surface area contributed by atoms with Crippen LogP contribution in [0, 0.1) is 24.2 Å². The van der Waals surface area contributed by atoms with Crippen molar-refractivity contribution in [2.45, 2.75) is 57.6 Å². The van der Waals surface area contributed by atoms with Crippen LogP contribution in [0.15, 0.2) is 48.5 Å². The molecule has 2 heterocycles. The van der Waals surface area contributed by atoms with Crippen molar-refractivity contribution < 1.29 is 9.57 Å². The van der Waals surface area contributed by atoms with Gasteiger partial charge in [0.15, 0.2) is 0 Å². The highest BCUT2D eigenvalue weighted by Crippen LogP contribution is 2.68. The monoisotopic (exact) mass is 418 g/mol. The lowest BCUT2D eigenvalue weighted by Gasteiger charge is -2.63. The summed E-state index contributed by atoms with van der Waals surface area (Å²) in [7, 11) is 1.76. The lowest BCUT2D eigenvalue weighted by Crippen LogP contribution is -2.62. The molecule has 5 aliphatic rings. The number of anilines is 1. The zero-order valence-corrected chi connectivity index (χ0v) is 19.2. The van der Waals surface area contributed by atoms with Crippen LogP contribution in [0.2, 0.25) is 0 Å². The number of rotatable bonds is 3. The molecule has 7 rings (SSSR count). The summed E-state index contributed by atoms with van der Waals surface area (Å²) in [5.74, 6) is 2.45. The molecule has 0 amide bonds. The maximum absolute atomic E-state index is 7.06. The minimum Gasteiger partial charge on any atom is -0.497 e. The molecule has 0 aromatic heterocycles. The van der Waals surface area contributed by atoms with Gasteiger partial charge in [-0.1, -0.05) is 43.7 Å². The largest absolute Gasteiger partial charge is 0.497 e. The fraction of sp³-hybridized carbons (Fsp3) is 0.556. The summed E-state index contributed by atoms with van der Waals surface area (Å²) >= 11 is 0. The average Bonchev–Trinajstić information content (AvgIpc) is 3.26. The van der Waals surface area contributed by atoms with E-state index in [-0.39, 0.29) is 11.1 Å². The Morgan fingerprint density at radius 3 is 2.61 bits per heavy atom. The number of hydroxylamine groups is 2. The summed E-state index contributed by atoms with van der Waals surface area (Å²) in [6, 6.07) is 17.6. The first-order valence-electron chi connectivity index (χ1n) is 11.8. The second-order valence-corrected chi connectivity index (χ2v) is 11.0. The fourth-order valence-electron chi connectivity index (χ4n) is 7.23. The molecule has 5 fully saturated rings. The van der Waals surface area contributed by atoms with Crippen LogP contribution in [0.5, 0.6) is 5.75 Å². The van der Waals surface area contributed by atoms with Gasteiger partial charge in [0.1, 0.15) is 5.75 Å². The number of fused-ring (bicyclic) bond motifs is 2. The fourth-order valence-corrected chi connectivity index (χ4v) is 7.23. The molecule has 2 aliphatic heterocycles. The van der Waals surface area contributed by atoms with Gasteiger partial charge < -0.3 is 9.64 Å². The van der Waals surface area contributed by atoms with Crippen LogP contribution in [0.1, 0.15) is 50.7 Å². The number of hydrogen-bond acceptors (Lipinski definition) is 4. The van der Waals surface area contributed by atoms with Gasteiger partial charge in [0.05, 0.1) is 24.9 Å². The van der Waals surface area contributed by atoms with Crippen molar-refractivity contribution in [2.24, 2.45) is 17.3 Å². The predicted molar refractivity (Wildman–Crippen MR) is 123 cm³/mol. The molecule has 0 radical (unpaired) electrons. The van der Waals surface area contributed by atoms with Gasteiger partial charge >= 0.3 is 0 Å². The van der Waals surface area contributed by atoms with Gasteiger partial charge in [0.2, 0.25) is 0 Å². The van der Waals surface area contributed by atoms with Crippen LogP contribution in [-0.2, 0) is 10.4 Å².